The Morgan fingerprint density at radius 3 is 2.82 bits per heavy atom. The maximum absolute atomic E-state index is 11.8. The number of aliphatic hydroxyl groups is 1. The zero-order valence-electron chi connectivity index (χ0n) is 12.5. The van der Waals surface area contributed by atoms with Gasteiger partial charge in [-0.15, -0.1) is 12.4 Å². The minimum Gasteiger partial charge on any atom is -0.392 e. The molecule has 0 saturated carbocycles. The molecule has 2 unspecified atom stereocenters. The highest BCUT2D eigenvalue weighted by Gasteiger charge is 2.27. The molecular weight excluding hydrogens is 306 g/mol. The first-order chi connectivity index (χ1) is 10.1. The van der Waals surface area contributed by atoms with Gasteiger partial charge in [-0.05, 0) is 30.5 Å². The van der Waals surface area contributed by atoms with Gasteiger partial charge in [0.2, 0.25) is 11.8 Å². The number of aliphatic hydroxyl groups excluding tert-OH is 1. The second-order valence-electron chi connectivity index (χ2n) is 5.17. The molecule has 1 aliphatic heterocycles. The zero-order chi connectivity index (χ0) is 15.2. The van der Waals surface area contributed by atoms with Crippen molar-refractivity contribution < 1.29 is 14.7 Å². The Kier molecular flexibility index (Phi) is 7.31. The van der Waals surface area contributed by atoms with Crippen LogP contribution in [0.4, 0.5) is 5.69 Å². The van der Waals surface area contributed by atoms with E-state index in [9.17, 15) is 14.7 Å². The summed E-state index contributed by atoms with van der Waals surface area (Å²) in [5.41, 5.74) is 1.86. The summed E-state index contributed by atoms with van der Waals surface area (Å²) in [5, 5.41) is 17.6. The molecule has 1 aromatic carbocycles. The van der Waals surface area contributed by atoms with Crippen LogP contribution in [0.25, 0.3) is 0 Å². The predicted octanol–water partition coefficient (Wildman–Crippen LogP) is 0.448. The monoisotopic (exact) mass is 327 g/mol. The number of halogens is 1. The number of benzene rings is 1. The molecule has 6 nitrogen and oxygen atoms in total. The molecule has 1 fully saturated rings. The molecule has 4 N–H and O–H groups in total. The highest BCUT2D eigenvalue weighted by Crippen LogP contribution is 2.10. The van der Waals surface area contributed by atoms with Crippen LogP contribution in [0.1, 0.15) is 18.9 Å². The third-order valence-electron chi connectivity index (χ3n) is 3.47. The highest BCUT2D eigenvalue weighted by molar-refractivity contribution is 5.95. The average molecular weight is 328 g/mol. The SMILES string of the molecule is CCc1cccc(NC(=O)CNC(=O)C2CC(O)CN2)c1.Cl. The number of carbonyl (C=O) groups excluding carboxylic acids is 2. The minimum absolute atomic E-state index is 0. The summed E-state index contributed by atoms with van der Waals surface area (Å²) in [6.07, 6.45) is 0.786. The molecule has 1 saturated heterocycles. The molecular formula is C15H22ClN3O3. The first-order valence-electron chi connectivity index (χ1n) is 7.16. The molecule has 0 aromatic heterocycles. The van der Waals surface area contributed by atoms with E-state index in [-0.39, 0.29) is 30.8 Å². The van der Waals surface area contributed by atoms with Crippen LogP contribution >= 0.6 is 12.4 Å². The van der Waals surface area contributed by atoms with Gasteiger partial charge >= 0.3 is 0 Å². The summed E-state index contributed by atoms with van der Waals surface area (Å²) in [7, 11) is 0. The Labute approximate surface area is 136 Å². The number of carbonyl (C=O) groups is 2. The molecule has 2 amide bonds. The van der Waals surface area contributed by atoms with E-state index in [4.69, 9.17) is 0 Å². The van der Waals surface area contributed by atoms with Crippen LogP contribution in [0.3, 0.4) is 0 Å². The van der Waals surface area contributed by atoms with Crippen LogP contribution < -0.4 is 16.0 Å². The lowest BCUT2D eigenvalue weighted by Gasteiger charge is -2.11. The molecule has 2 rings (SSSR count). The number of anilines is 1. The molecule has 0 aliphatic carbocycles. The first kappa shape index (κ1) is 18.4. The molecule has 2 atom stereocenters. The number of amides is 2. The van der Waals surface area contributed by atoms with Crippen molar-refractivity contribution in [3.63, 3.8) is 0 Å². The van der Waals surface area contributed by atoms with E-state index in [0.29, 0.717) is 13.0 Å². The fourth-order valence-corrected chi connectivity index (χ4v) is 2.28. The van der Waals surface area contributed by atoms with Crippen LogP contribution in [0.5, 0.6) is 0 Å². The van der Waals surface area contributed by atoms with Crippen LogP contribution in [0, 0.1) is 0 Å². The summed E-state index contributed by atoms with van der Waals surface area (Å²) in [5.74, 6) is -0.529. The van der Waals surface area contributed by atoms with Gasteiger partial charge in [0, 0.05) is 12.2 Å². The van der Waals surface area contributed by atoms with E-state index in [0.717, 1.165) is 17.7 Å². The quantitative estimate of drug-likeness (QED) is 0.632. The molecule has 7 heteroatoms. The molecule has 1 heterocycles. The predicted molar refractivity (Wildman–Crippen MR) is 87.1 cm³/mol. The van der Waals surface area contributed by atoms with Crippen molar-refractivity contribution in [3.8, 4) is 0 Å². The number of β-amino-alcohol motifs (C(OH)–C–C–N with tert-alkyl or cyclic N) is 1. The van der Waals surface area contributed by atoms with Crippen molar-refractivity contribution in [1.29, 1.82) is 0 Å². The van der Waals surface area contributed by atoms with Gasteiger partial charge in [-0.2, -0.15) is 0 Å². The average Bonchev–Trinajstić information content (AvgIpc) is 2.91. The van der Waals surface area contributed by atoms with E-state index in [1.54, 1.807) is 0 Å². The van der Waals surface area contributed by atoms with Gasteiger partial charge in [-0.3, -0.25) is 9.59 Å². The summed E-state index contributed by atoms with van der Waals surface area (Å²) < 4.78 is 0. The molecule has 22 heavy (non-hydrogen) atoms. The lowest BCUT2D eigenvalue weighted by molar-refractivity contribution is -0.125. The van der Waals surface area contributed by atoms with Gasteiger partial charge < -0.3 is 21.1 Å². The Morgan fingerprint density at radius 1 is 1.41 bits per heavy atom. The van der Waals surface area contributed by atoms with Crippen molar-refractivity contribution >= 4 is 29.9 Å². The summed E-state index contributed by atoms with van der Waals surface area (Å²) in [6.45, 7) is 2.38. The second kappa shape index (κ2) is 8.73. The van der Waals surface area contributed by atoms with Crippen LogP contribution in [-0.4, -0.2) is 42.2 Å². The Balaban J connectivity index is 0.00000242. The third kappa shape index (κ3) is 5.29. The third-order valence-corrected chi connectivity index (χ3v) is 3.47. The van der Waals surface area contributed by atoms with Crippen molar-refractivity contribution in [2.24, 2.45) is 0 Å². The van der Waals surface area contributed by atoms with Crippen LogP contribution in [-0.2, 0) is 16.0 Å². The Hall–Kier alpha value is -1.63. The second-order valence-corrected chi connectivity index (χ2v) is 5.17. The fourth-order valence-electron chi connectivity index (χ4n) is 2.28. The number of hydrogen-bond acceptors (Lipinski definition) is 4. The van der Waals surface area contributed by atoms with E-state index in [1.165, 1.54) is 0 Å². The standard InChI is InChI=1S/C15H21N3O3.ClH/c1-2-10-4-3-5-11(6-10)18-14(20)9-17-15(21)13-7-12(19)8-16-13;/h3-6,12-13,16,19H,2,7-9H2,1H3,(H,17,21)(H,18,20);1H. The van der Waals surface area contributed by atoms with Gasteiger partial charge in [0.1, 0.15) is 0 Å². The van der Waals surface area contributed by atoms with Crippen molar-refractivity contribution in [2.75, 3.05) is 18.4 Å². The maximum Gasteiger partial charge on any atom is 0.243 e. The van der Waals surface area contributed by atoms with E-state index in [1.807, 2.05) is 31.2 Å². The molecule has 0 bridgehead atoms. The van der Waals surface area contributed by atoms with Crippen LogP contribution in [0.15, 0.2) is 24.3 Å². The van der Waals surface area contributed by atoms with Crippen molar-refractivity contribution in [1.82, 2.24) is 10.6 Å². The van der Waals surface area contributed by atoms with Gasteiger partial charge in [0.25, 0.3) is 0 Å². The lowest BCUT2D eigenvalue weighted by atomic mass is 10.1. The summed E-state index contributed by atoms with van der Waals surface area (Å²) in [6, 6.07) is 7.18. The van der Waals surface area contributed by atoms with Gasteiger partial charge in [0.05, 0.1) is 18.7 Å². The van der Waals surface area contributed by atoms with Gasteiger partial charge in [-0.1, -0.05) is 19.1 Å². The number of rotatable bonds is 5. The molecule has 1 aromatic rings. The summed E-state index contributed by atoms with van der Waals surface area (Å²) >= 11 is 0. The van der Waals surface area contributed by atoms with E-state index >= 15 is 0 Å². The van der Waals surface area contributed by atoms with Crippen molar-refractivity contribution in [3.05, 3.63) is 29.8 Å². The topological polar surface area (TPSA) is 90.5 Å². The zero-order valence-corrected chi connectivity index (χ0v) is 13.3. The summed E-state index contributed by atoms with van der Waals surface area (Å²) in [4.78, 5) is 23.6. The number of aryl methyl sites for hydroxylation is 1. The van der Waals surface area contributed by atoms with E-state index in [2.05, 4.69) is 16.0 Å². The molecule has 0 radical (unpaired) electrons. The Morgan fingerprint density at radius 2 is 2.18 bits per heavy atom. The maximum atomic E-state index is 11.8. The molecule has 1 aliphatic rings. The van der Waals surface area contributed by atoms with Crippen LogP contribution in [0.2, 0.25) is 0 Å². The smallest absolute Gasteiger partial charge is 0.243 e. The van der Waals surface area contributed by atoms with E-state index < -0.39 is 12.1 Å². The number of nitrogens with one attached hydrogen (secondary N) is 3. The Bertz CT molecular complexity index is 525. The van der Waals surface area contributed by atoms with Crippen molar-refractivity contribution in [2.45, 2.75) is 31.9 Å². The van der Waals surface area contributed by atoms with Gasteiger partial charge in [-0.25, -0.2) is 0 Å². The lowest BCUT2D eigenvalue weighted by Crippen LogP contribution is -2.43. The largest absolute Gasteiger partial charge is 0.392 e. The highest BCUT2D eigenvalue weighted by atomic mass is 35.5. The van der Waals surface area contributed by atoms with Gasteiger partial charge in [0.15, 0.2) is 0 Å². The number of hydrogen-bond donors (Lipinski definition) is 4. The molecule has 122 valence electrons. The molecule has 0 spiro atoms. The first-order valence-corrected chi connectivity index (χ1v) is 7.16. The minimum atomic E-state index is -0.494. The fraction of sp³-hybridized carbons (Fsp3) is 0.467. The normalized spacial score (nSPS) is 20.1.